The van der Waals surface area contributed by atoms with E-state index in [1.165, 1.54) is 4.90 Å². The largest absolute Gasteiger partial charge is 0.364 e. The van der Waals surface area contributed by atoms with Gasteiger partial charge in [-0.15, -0.1) is 0 Å². The van der Waals surface area contributed by atoms with Crippen molar-refractivity contribution in [3.63, 3.8) is 0 Å². The number of hydrogen-bond donors (Lipinski definition) is 1. The molecule has 3 aromatic rings. The molecular weight excluding hydrogens is 443 g/mol. The molecule has 6 heteroatoms. The Morgan fingerprint density at radius 1 is 0.875 bits per heavy atom. The maximum absolute atomic E-state index is 14.1. The fraction of sp³-hybridized carbons (Fsp3) is 0.269. The van der Waals surface area contributed by atoms with Crippen LogP contribution in [0.1, 0.15) is 37.8 Å². The summed E-state index contributed by atoms with van der Waals surface area (Å²) in [5.41, 5.74) is 0.330. The van der Waals surface area contributed by atoms with Gasteiger partial charge in [0, 0.05) is 27.0 Å². The highest BCUT2D eigenvalue weighted by Gasteiger charge is 2.65. The van der Waals surface area contributed by atoms with Gasteiger partial charge in [0.25, 0.3) is 0 Å². The van der Waals surface area contributed by atoms with E-state index in [2.05, 4.69) is 6.92 Å². The van der Waals surface area contributed by atoms with Crippen molar-refractivity contribution in [1.29, 1.82) is 0 Å². The van der Waals surface area contributed by atoms with Crippen LogP contribution in [0.3, 0.4) is 0 Å². The van der Waals surface area contributed by atoms with Gasteiger partial charge in [-0.25, -0.2) is 4.79 Å². The molecule has 2 atom stereocenters. The Labute approximate surface area is 199 Å². The van der Waals surface area contributed by atoms with Crippen LogP contribution in [-0.2, 0) is 5.72 Å². The van der Waals surface area contributed by atoms with Gasteiger partial charge in [0.1, 0.15) is 0 Å². The minimum atomic E-state index is -1.63. The van der Waals surface area contributed by atoms with Crippen LogP contribution in [0.5, 0.6) is 0 Å². The Kier molecular flexibility index (Phi) is 5.97. The number of benzene rings is 3. The Hall–Kier alpha value is -2.53. The van der Waals surface area contributed by atoms with Crippen LogP contribution in [0, 0.1) is 6.92 Å². The number of amides is 2. The van der Waals surface area contributed by atoms with E-state index in [1.807, 2.05) is 50.2 Å². The molecule has 32 heavy (non-hydrogen) atoms. The molecule has 0 radical (unpaired) electrons. The fourth-order valence-electron chi connectivity index (χ4n) is 4.79. The summed E-state index contributed by atoms with van der Waals surface area (Å²) in [4.78, 5) is 17.3. The summed E-state index contributed by atoms with van der Waals surface area (Å²) < 4.78 is 0. The highest BCUT2D eigenvalue weighted by molar-refractivity contribution is 6.31. The molecule has 1 N–H and O–H groups in total. The zero-order chi connectivity index (χ0) is 23.1. The third-order valence-electron chi connectivity index (χ3n) is 6.28. The van der Waals surface area contributed by atoms with E-state index in [0.29, 0.717) is 33.4 Å². The summed E-state index contributed by atoms with van der Waals surface area (Å²) in [6.45, 7) is 5.98. The first-order valence-corrected chi connectivity index (χ1v) is 11.4. The smallest absolute Gasteiger partial charge is 0.332 e. The molecule has 2 unspecified atom stereocenters. The van der Waals surface area contributed by atoms with Crippen molar-refractivity contribution in [3.8, 4) is 0 Å². The Morgan fingerprint density at radius 2 is 1.41 bits per heavy atom. The second-order valence-electron chi connectivity index (χ2n) is 8.47. The van der Waals surface area contributed by atoms with E-state index in [1.54, 1.807) is 41.3 Å². The number of hydrogen-bond acceptors (Lipinski definition) is 2. The SMILES string of the molecule is CCCC1(C)N(c2ccc(Cl)cc2)C(=O)N(c2ccc(Cl)cc2)C1(O)c1cccc(C)c1. The highest BCUT2D eigenvalue weighted by Crippen LogP contribution is 2.52. The van der Waals surface area contributed by atoms with Crippen LogP contribution in [-0.4, -0.2) is 16.7 Å². The molecule has 1 heterocycles. The predicted octanol–water partition coefficient (Wildman–Crippen LogP) is 7.15. The third kappa shape index (κ3) is 3.47. The lowest BCUT2D eigenvalue weighted by atomic mass is 9.78. The van der Waals surface area contributed by atoms with Crippen LogP contribution in [0.4, 0.5) is 16.2 Å². The average molecular weight is 469 g/mol. The summed E-state index contributed by atoms with van der Waals surface area (Å²) >= 11 is 12.2. The van der Waals surface area contributed by atoms with Gasteiger partial charge in [-0.1, -0.05) is 66.4 Å². The van der Waals surface area contributed by atoms with Crippen molar-refractivity contribution in [2.24, 2.45) is 0 Å². The van der Waals surface area contributed by atoms with E-state index < -0.39 is 11.3 Å². The number of rotatable bonds is 5. The molecule has 1 aliphatic rings. The first kappa shape index (κ1) is 22.7. The Balaban J connectivity index is 2.01. The maximum atomic E-state index is 14.1. The number of halogens is 2. The average Bonchev–Trinajstić information content (AvgIpc) is 2.93. The lowest BCUT2D eigenvalue weighted by Gasteiger charge is -2.45. The molecule has 1 fully saturated rings. The monoisotopic (exact) mass is 468 g/mol. The van der Waals surface area contributed by atoms with Crippen LogP contribution < -0.4 is 9.80 Å². The molecule has 0 aromatic heterocycles. The molecule has 1 saturated heterocycles. The van der Waals surface area contributed by atoms with Crippen LogP contribution >= 0.6 is 23.2 Å². The zero-order valence-corrected chi connectivity index (χ0v) is 19.9. The Morgan fingerprint density at radius 3 is 1.91 bits per heavy atom. The minimum absolute atomic E-state index is 0.311. The number of carbonyl (C=O) groups excluding carboxylic acids is 1. The van der Waals surface area contributed by atoms with Gasteiger partial charge in [0.15, 0.2) is 5.72 Å². The minimum Gasteiger partial charge on any atom is -0.364 e. The van der Waals surface area contributed by atoms with Gasteiger partial charge in [0.2, 0.25) is 0 Å². The van der Waals surface area contributed by atoms with Gasteiger partial charge in [-0.05, 0) is 68.8 Å². The molecular formula is C26H26Cl2N2O2. The quantitative estimate of drug-likeness (QED) is 0.431. The molecule has 3 aromatic carbocycles. The molecule has 166 valence electrons. The summed E-state index contributed by atoms with van der Waals surface area (Å²) in [6.07, 6.45) is 1.35. The summed E-state index contributed by atoms with van der Waals surface area (Å²) in [5, 5.41) is 13.7. The van der Waals surface area contributed by atoms with E-state index >= 15 is 0 Å². The second-order valence-corrected chi connectivity index (χ2v) is 9.34. The molecule has 0 aliphatic carbocycles. The van der Waals surface area contributed by atoms with Crippen molar-refractivity contribution < 1.29 is 9.90 Å². The number of aliphatic hydroxyl groups is 1. The Bertz CT molecular complexity index is 1130. The van der Waals surface area contributed by atoms with Crippen molar-refractivity contribution in [3.05, 3.63) is 94.0 Å². The van der Waals surface area contributed by atoms with Crippen molar-refractivity contribution in [2.45, 2.75) is 44.9 Å². The van der Waals surface area contributed by atoms with Crippen molar-refractivity contribution in [1.82, 2.24) is 0 Å². The molecule has 4 rings (SSSR count). The molecule has 0 saturated carbocycles. The molecule has 1 aliphatic heterocycles. The van der Waals surface area contributed by atoms with Crippen LogP contribution in [0.25, 0.3) is 0 Å². The van der Waals surface area contributed by atoms with Crippen LogP contribution in [0.15, 0.2) is 72.8 Å². The number of anilines is 2. The first-order chi connectivity index (χ1) is 15.2. The van der Waals surface area contributed by atoms with E-state index in [0.717, 1.165) is 12.0 Å². The van der Waals surface area contributed by atoms with Gasteiger partial charge in [0.05, 0.1) is 5.54 Å². The topological polar surface area (TPSA) is 43.8 Å². The van der Waals surface area contributed by atoms with Gasteiger partial charge >= 0.3 is 6.03 Å². The van der Waals surface area contributed by atoms with E-state index in [-0.39, 0.29) is 6.03 Å². The first-order valence-electron chi connectivity index (χ1n) is 10.7. The van der Waals surface area contributed by atoms with Gasteiger partial charge in [-0.2, -0.15) is 0 Å². The number of carbonyl (C=O) groups is 1. The normalized spacial score (nSPS) is 23.1. The molecule has 2 amide bonds. The lowest BCUT2D eigenvalue weighted by molar-refractivity contribution is -0.0140. The molecule has 4 nitrogen and oxygen atoms in total. The molecule has 0 bridgehead atoms. The summed E-state index contributed by atoms with van der Waals surface area (Å²) in [6, 6.07) is 21.5. The molecule has 0 spiro atoms. The van der Waals surface area contributed by atoms with Crippen molar-refractivity contribution in [2.75, 3.05) is 9.80 Å². The van der Waals surface area contributed by atoms with Gasteiger partial charge < -0.3 is 5.11 Å². The maximum Gasteiger partial charge on any atom is 0.332 e. The number of nitrogens with zero attached hydrogens (tertiary/aromatic N) is 2. The third-order valence-corrected chi connectivity index (χ3v) is 6.78. The lowest BCUT2D eigenvalue weighted by Crippen LogP contribution is -2.58. The van der Waals surface area contributed by atoms with Crippen LogP contribution in [0.2, 0.25) is 10.0 Å². The number of urea groups is 1. The number of aryl methyl sites for hydroxylation is 1. The second kappa shape index (κ2) is 8.43. The fourth-order valence-corrected chi connectivity index (χ4v) is 5.05. The van der Waals surface area contributed by atoms with Gasteiger partial charge in [-0.3, -0.25) is 9.80 Å². The zero-order valence-electron chi connectivity index (χ0n) is 18.3. The predicted molar refractivity (Wildman–Crippen MR) is 132 cm³/mol. The summed E-state index contributed by atoms with van der Waals surface area (Å²) in [5.74, 6) is 0. The standard InChI is InChI=1S/C26H26Cl2N2O2/c1-4-16-25(3)26(32,19-7-5-6-18(2)17-19)30(23-14-10-21(28)11-15-23)24(31)29(25)22-12-8-20(27)9-13-22/h5-15,17,32H,4,16H2,1-3H3. The summed E-state index contributed by atoms with van der Waals surface area (Å²) in [7, 11) is 0. The van der Waals surface area contributed by atoms with Crippen molar-refractivity contribution >= 4 is 40.6 Å². The van der Waals surface area contributed by atoms with E-state index in [4.69, 9.17) is 23.2 Å². The van der Waals surface area contributed by atoms with E-state index in [9.17, 15) is 9.90 Å². The highest BCUT2D eigenvalue weighted by atomic mass is 35.5.